The molecule has 1 saturated heterocycles. The van der Waals surface area contributed by atoms with Crippen LogP contribution in [0.5, 0.6) is 0 Å². The van der Waals surface area contributed by atoms with Crippen LogP contribution in [-0.2, 0) is 0 Å². The van der Waals surface area contributed by atoms with Gasteiger partial charge in [0.1, 0.15) is 0 Å². The van der Waals surface area contributed by atoms with Crippen molar-refractivity contribution < 1.29 is 9.69 Å². The number of urea groups is 1. The Labute approximate surface area is 131 Å². The molecule has 116 valence electrons. The second-order valence-electron chi connectivity index (χ2n) is 6.26. The van der Waals surface area contributed by atoms with Crippen molar-refractivity contribution in [2.45, 2.75) is 18.9 Å². The van der Waals surface area contributed by atoms with Gasteiger partial charge in [0.15, 0.2) is 0 Å². The normalized spacial score (nSPS) is 21.5. The molecule has 3 rings (SSSR count). The van der Waals surface area contributed by atoms with Crippen molar-refractivity contribution in [1.29, 1.82) is 0 Å². The SMILES string of the molecule is CN(C(=O)Nc1cccc2ccccc12)C1CC[NH+](C)CC1. The number of benzene rings is 2. The Bertz CT molecular complexity index is 657. The Balaban J connectivity index is 1.73. The molecule has 0 aliphatic carbocycles. The summed E-state index contributed by atoms with van der Waals surface area (Å²) in [5, 5.41) is 5.30. The molecule has 2 aromatic carbocycles. The lowest BCUT2D eigenvalue weighted by Crippen LogP contribution is -3.10. The van der Waals surface area contributed by atoms with Crippen LogP contribution in [-0.4, -0.2) is 44.2 Å². The van der Waals surface area contributed by atoms with E-state index in [4.69, 9.17) is 0 Å². The smallest absolute Gasteiger partial charge is 0.321 e. The molecule has 0 radical (unpaired) electrons. The predicted molar refractivity (Wildman–Crippen MR) is 90.4 cm³/mol. The number of quaternary nitrogens is 1. The van der Waals surface area contributed by atoms with Crippen molar-refractivity contribution in [2.24, 2.45) is 0 Å². The number of hydrogen-bond donors (Lipinski definition) is 2. The molecule has 0 saturated carbocycles. The summed E-state index contributed by atoms with van der Waals surface area (Å²) < 4.78 is 0. The second kappa shape index (κ2) is 6.36. The van der Waals surface area contributed by atoms with Crippen LogP contribution in [0.3, 0.4) is 0 Å². The molecule has 2 N–H and O–H groups in total. The summed E-state index contributed by atoms with van der Waals surface area (Å²) in [5.74, 6) is 0. The Morgan fingerprint density at radius 3 is 2.59 bits per heavy atom. The lowest BCUT2D eigenvalue weighted by atomic mass is 10.0. The van der Waals surface area contributed by atoms with Gasteiger partial charge in [-0.25, -0.2) is 4.79 Å². The fraction of sp³-hybridized carbons (Fsp3) is 0.389. The molecule has 2 aromatic rings. The van der Waals surface area contributed by atoms with E-state index in [1.54, 1.807) is 4.90 Å². The quantitative estimate of drug-likeness (QED) is 0.874. The van der Waals surface area contributed by atoms with E-state index in [9.17, 15) is 4.79 Å². The number of nitrogens with zero attached hydrogens (tertiary/aromatic N) is 1. The van der Waals surface area contributed by atoms with Gasteiger partial charge in [-0.05, 0) is 11.5 Å². The van der Waals surface area contributed by atoms with E-state index >= 15 is 0 Å². The summed E-state index contributed by atoms with van der Waals surface area (Å²) >= 11 is 0. The number of piperidine rings is 1. The summed E-state index contributed by atoms with van der Waals surface area (Å²) in [6.45, 7) is 2.27. The van der Waals surface area contributed by atoms with E-state index < -0.39 is 0 Å². The van der Waals surface area contributed by atoms with E-state index in [2.05, 4.69) is 24.5 Å². The number of fused-ring (bicyclic) bond motifs is 1. The van der Waals surface area contributed by atoms with Gasteiger partial charge in [-0.3, -0.25) is 0 Å². The highest BCUT2D eigenvalue weighted by molar-refractivity contribution is 6.01. The van der Waals surface area contributed by atoms with Crippen LogP contribution in [0.1, 0.15) is 12.8 Å². The van der Waals surface area contributed by atoms with Crippen LogP contribution in [0.4, 0.5) is 10.5 Å². The topological polar surface area (TPSA) is 36.8 Å². The molecule has 4 nitrogen and oxygen atoms in total. The molecule has 1 heterocycles. The zero-order valence-corrected chi connectivity index (χ0v) is 13.3. The maximum absolute atomic E-state index is 12.5. The Hall–Kier alpha value is -2.07. The maximum Gasteiger partial charge on any atom is 0.321 e. The Kier molecular flexibility index (Phi) is 4.29. The van der Waals surface area contributed by atoms with Gasteiger partial charge < -0.3 is 15.1 Å². The molecule has 0 aromatic heterocycles. The first-order chi connectivity index (χ1) is 10.6. The van der Waals surface area contributed by atoms with Crippen molar-refractivity contribution in [3.63, 3.8) is 0 Å². The lowest BCUT2D eigenvalue weighted by Gasteiger charge is -2.33. The number of nitrogens with one attached hydrogen (secondary N) is 2. The fourth-order valence-corrected chi connectivity index (χ4v) is 3.19. The summed E-state index contributed by atoms with van der Waals surface area (Å²) in [6.07, 6.45) is 2.15. The number of hydrogen-bond acceptors (Lipinski definition) is 1. The number of carbonyl (C=O) groups excluding carboxylic acids is 1. The Morgan fingerprint density at radius 2 is 1.82 bits per heavy atom. The first-order valence-electron chi connectivity index (χ1n) is 7.98. The molecule has 0 unspecified atom stereocenters. The largest absolute Gasteiger partial charge is 0.337 e. The van der Waals surface area contributed by atoms with Gasteiger partial charge in [-0.2, -0.15) is 0 Å². The number of anilines is 1. The second-order valence-corrected chi connectivity index (χ2v) is 6.26. The van der Waals surface area contributed by atoms with Crippen molar-refractivity contribution in [3.8, 4) is 0 Å². The van der Waals surface area contributed by atoms with Crippen LogP contribution in [0.2, 0.25) is 0 Å². The van der Waals surface area contributed by atoms with E-state index in [-0.39, 0.29) is 6.03 Å². The number of likely N-dealkylation sites (tertiary alicyclic amines) is 1. The molecule has 1 aliphatic heterocycles. The van der Waals surface area contributed by atoms with Gasteiger partial charge in [0.2, 0.25) is 0 Å². The summed E-state index contributed by atoms with van der Waals surface area (Å²) in [7, 11) is 4.12. The van der Waals surface area contributed by atoms with Gasteiger partial charge in [0, 0.05) is 31.3 Å². The van der Waals surface area contributed by atoms with Crippen molar-refractivity contribution in [3.05, 3.63) is 42.5 Å². The average molecular weight is 298 g/mol. The van der Waals surface area contributed by atoms with Crippen molar-refractivity contribution >= 4 is 22.5 Å². The van der Waals surface area contributed by atoms with Crippen molar-refractivity contribution in [2.75, 3.05) is 32.5 Å². The first-order valence-corrected chi connectivity index (χ1v) is 7.98. The lowest BCUT2D eigenvalue weighted by molar-refractivity contribution is -0.885. The molecule has 22 heavy (non-hydrogen) atoms. The minimum absolute atomic E-state index is 0.0130. The highest BCUT2D eigenvalue weighted by Crippen LogP contribution is 2.23. The standard InChI is InChI=1S/C18H23N3O/c1-20-12-10-15(11-13-20)21(2)18(22)19-17-9-5-7-14-6-3-4-8-16(14)17/h3-9,15H,10-13H2,1-2H3,(H,19,22)/p+1. The van der Waals surface area contributed by atoms with Crippen LogP contribution >= 0.6 is 0 Å². The molecule has 4 heteroatoms. The van der Waals surface area contributed by atoms with Crippen molar-refractivity contribution in [1.82, 2.24) is 4.90 Å². The number of amides is 2. The average Bonchev–Trinajstić information content (AvgIpc) is 2.55. The third kappa shape index (κ3) is 3.07. The molecular weight excluding hydrogens is 274 g/mol. The third-order valence-electron chi connectivity index (χ3n) is 4.71. The van der Waals surface area contributed by atoms with Crippen LogP contribution < -0.4 is 10.2 Å². The molecule has 0 spiro atoms. The molecule has 0 bridgehead atoms. The molecule has 0 atom stereocenters. The minimum atomic E-state index is -0.0130. The van der Waals surface area contributed by atoms with Gasteiger partial charge in [0.05, 0.1) is 25.8 Å². The maximum atomic E-state index is 12.5. The predicted octanol–water partition coefficient (Wildman–Crippen LogP) is 1.98. The fourth-order valence-electron chi connectivity index (χ4n) is 3.19. The number of carbonyl (C=O) groups is 1. The van der Waals surface area contributed by atoms with Gasteiger partial charge >= 0.3 is 6.03 Å². The summed E-state index contributed by atoms with van der Waals surface area (Å²) in [4.78, 5) is 16.0. The Morgan fingerprint density at radius 1 is 1.14 bits per heavy atom. The van der Waals surface area contributed by atoms with Gasteiger partial charge in [0.25, 0.3) is 0 Å². The van der Waals surface area contributed by atoms with E-state index in [0.29, 0.717) is 6.04 Å². The molecular formula is C18H24N3O+. The van der Waals surface area contributed by atoms with E-state index in [1.165, 1.54) is 0 Å². The van der Waals surface area contributed by atoms with Crippen LogP contribution in [0, 0.1) is 0 Å². The van der Waals surface area contributed by atoms with Crippen LogP contribution in [0.15, 0.2) is 42.5 Å². The van der Waals surface area contributed by atoms with E-state index in [1.807, 2.05) is 42.3 Å². The molecule has 1 fully saturated rings. The number of rotatable bonds is 2. The monoisotopic (exact) mass is 298 g/mol. The highest BCUT2D eigenvalue weighted by atomic mass is 16.2. The summed E-state index contributed by atoms with van der Waals surface area (Å²) in [6, 6.07) is 14.5. The first kappa shape index (κ1) is 14.9. The summed E-state index contributed by atoms with van der Waals surface area (Å²) in [5.41, 5.74) is 0.883. The van der Waals surface area contributed by atoms with Gasteiger partial charge in [-0.15, -0.1) is 0 Å². The zero-order valence-electron chi connectivity index (χ0n) is 13.3. The molecule has 1 aliphatic rings. The van der Waals surface area contributed by atoms with Crippen LogP contribution in [0.25, 0.3) is 10.8 Å². The third-order valence-corrected chi connectivity index (χ3v) is 4.71. The highest BCUT2D eigenvalue weighted by Gasteiger charge is 2.26. The minimum Gasteiger partial charge on any atom is -0.337 e. The van der Waals surface area contributed by atoms with E-state index in [0.717, 1.165) is 42.4 Å². The van der Waals surface area contributed by atoms with Gasteiger partial charge in [-0.1, -0.05) is 36.4 Å². The zero-order chi connectivity index (χ0) is 15.5. The molecule has 2 amide bonds.